The summed E-state index contributed by atoms with van der Waals surface area (Å²) in [5.74, 6) is 2.23. The van der Waals surface area contributed by atoms with Crippen LogP contribution in [0.25, 0.3) is 0 Å². The minimum atomic E-state index is -0.313. The van der Waals surface area contributed by atoms with Crippen LogP contribution < -0.4 is 9.47 Å². The SMILES string of the molecule is COc1ccc(OCc2nc(C(=O)N(C)Cc3noc(C)n3)co2)cc1. The third kappa shape index (κ3) is 4.18. The Morgan fingerprint density at radius 1 is 1.19 bits per heavy atom. The molecule has 26 heavy (non-hydrogen) atoms. The Hall–Kier alpha value is -3.36. The number of oxazole rings is 1. The number of carbonyl (C=O) groups excluding carboxylic acids is 1. The maximum Gasteiger partial charge on any atom is 0.275 e. The van der Waals surface area contributed by atoms with Gasteiger partial charge in [0.15, 0.2) is 18.1 Å². The van der Waals surface area contributed by atoms with E-state index in [1.54, 1.807) is 45.3 Å². The molecule has 2 heterocycles. The lowest BCUT2D eigenvalue weighted by Gasteiger charge is -2.12. The zero-order chi connectivity index (χ0) is 18.5. The molecule has 0 fully saturated rings. The van der Waals surface area contributed by atoms with E-state index in [0.29, 0.717) is 23.4 Å². The molecule has 3 rings (SSSR count). The van der Waals surface area contributed by atoms with Crippen LogP contribution >= 0.6 is 0 Å². The second-order valence-corrected chi connectivity index (χ2v) is 5.48. The summed E-state index contributed by atoms with van der Waals surface area (Å²) in [6, 6.07) is 7.12. The number of hydrogen-bond donors (Lipinski definition) is 0. The lowest BCUT2D eigenvalue weighted by Crippen LogP contribution is -2.27. The van der Waals surface area contributed by atoms with Crippen molar-refractivity contribution in [2.75, 3.05) is 14.2 Å². The minimum Gasteiger partial charge on any atom is -0.497 e. The van der Waals surface area contributed by atoms with Gasteiger partial charge < -0.3 is 23.3 Å². The van der Waals surface area contributed by atoms with Crippen molar-refractivity contribution >= 4 is 5.91 Å². The molecule has 1 amide bonds. The maximum absolute atomic E-state index is 12.4. The van der Waals surface area contributed by atoms with E-state index >= 15 is 0 Å². The van der Waals surface area contributed by atoms with E-state index in [4.69, 9.17) is 18.4 Å². The first kappa shape index (κ1) is 17.5. The van der Waals surface area contributed by atoms with Crippen molar-refractivity contribution in [2.45, 2.75) is 20.1 Å². The molecule has 9 nitrogen and oxygen atoms in total. The first-order valence-corrected chi connectivity index (χ1v) is 7.81. The van der Waals surface area contributed by atoms with Crippen LogP contribution in [0.5, 0.6) is 11.5 Å². The van der Waals surface area contributed by atoms with Gasteiger partial charge in [-0.1, -0.05) is 5.16 Å². The van der Waals surface area contributed by atoms with Crippen LogP contribution in [0, 0.1) is 6.92 Å². The number of carbonyl (C=O) groups is 1. The average Bonchev–Trinajstić information content (AvgIpc) is 3.28. The molecule has 136 valence electrons. The van der Waals surface area contributed by atoms with E-state index in [1.807, 2.05) is 0 Å². The van der Waals surface area contributed by atoms with Crippen LogP contribution in [-0.2, 0) is 13.2 Å². The predicted octanol–water partition coefficient (Wildman–Crippen LogP) is 2.23. The van der Waals surface area contributed by atoms with Gasteiger partial charge in [-0.25, -0.2) is 4.98 Å². The first-order chi connectivity index (χ1) is 12.5. The van der Waals surface area contributed by atoms with Crippen molar-refractivity contribution in [2.24, 2.45) is 0 Å². The van der Waals surface area contributed by atoms with Gasteiger partial charge in [-0.15, -0.1) is 0 Å². The molecule has 0 unspecified atom stereocenters. The molecule has 0 bridgehead atoms. The Balaban J connectivity index is 1.56. The number of aryl methyl sites for hydroxylation is 1. The van der Waals surface area contributed by atoms with Crippen molar-refractivity contribution in [1.29, 1.82) is 0 Å². The van der Waals surface area contributed by atoms with Gasteiger partial charge in [-0.05, 0) is 24.3 Å². The zero-order valence-electron chi connectivity index (χ0n) is 14.6. The number of nitrogens with zero attached hydrogens (tertiary/aromatic N) is 4. The van der Waals surface area contributed by atoms with Gasteiger partial charge in [-0.2, -0.15) is 4.98 Å². The lowest BCUT2D eigenvalue weighted by molar-refractivity contribution is 0.0774. The second kappa shape index (κ2) is 7.68. The summed E-state index contributed by atoms with van der Waals surface area (Å²) in [5.41, 5.74) is 0.182. The molecule has 3 aromatic rings. The lowest BCUT2D eigenvalue weighted by atomic mass is 10.3. The van der Waals surface area contributed by atoms with E-state index in [0.717, 1.165) is 5.75 Å². The van der Waals surface area contributed by atoms with Crippen LogP contribution in [0.15, 0.2) is 39.5 Å². The van der Waals surface area contributed by atoms with Crippen molar-refractivity contribution < 1.29 is 23.2 Å². The van der Waals surface area contributed by atoms with Crippen molar-refractivity contribution in [1.82, 2.24) is 20.0 Å². The quantitative estimate of drug-likeness (QED) is 0.633. The molecular weight excluding hydrogens is 340 g/mol. The molecule has 0 radical (unpaired) electrons. The van der Waals surface area contributed by atoms with Gasteiger partial charge in [0.25, 0.3) is 5.91 Å². The van der Waals surface area contributed by atoms with E-state index in [9.17, 15) is 4.79 Å². The standard InChI is InChI=1S/C17H18N4O5/c1-11-18-15(20-26-11)8-21(2)17(22)14-9-25-16(19-14)10-24-13-6-4-12(23-3)5-7-13/h4-7,9H,8,10H2,1-3H3. The highest BCUT2D eigenvalue weighted by Crippen LogP contribution is 2.18. The second-order valence-electron chi connectivity index (χ2n) is 5.48. The number of amides is 1. The van der Waals surface area contributed by atoms with E-state index in [1.165, 1.54) is 11.2 Å². The summed E-state index contributed by atoms with van der Waals surface area (Å²) in [4.78, 5) is 22.0. The van der Waals surface area contributed by atoms with Gasteiger partial charge in [0.2, 0.25) is 11.8 Å². The van der Waals surface area contributed by atoms with Crippen molar-refractivity contribution in [3.63, 3.8) is 0 Å². The molecule has 0 aliphatic rings. The summed E-state index contributed by atoms with van der Waals surface area (Å²) in [5, 5.41) is 3.76. The summed E-state index contributed by atoms with van der Waals surface area (Å²) in [6.07, 6.45) is 1.30. The normalized spacial score (nSPS) is 10.6. The van der Waals surface area contributed by atoms with Crippen molar-refractivity contribution in [3.8, 4) is 11.5 Å². The molecule has 0 saturated carbocycles. The average molecular weight is 358 g/mol. The molecule has 1 aromatic carbocycles. The van der Waals surface area contributed by atoms with Crippen LogP contribution in [0.2, 0.25) is 0 Å². The summed E-state index contributed by atoms with van der Waals surface area (Å²) in [7, 11) is 3.22. The molecule has 9 heteroatoms. The highest BCUT2D eigenvalue weighted by atomic mass is 16.5. The van der Waals surface area contributed by atoms with Crippen LogP contribution in [0.3, 0.4) is 0 Å². The molecule has 0 N–H and O–H groups in total. The molecule has 0 spiro atoms. The van der Waals surface area contributed by atoms with E-state index in [2.05, 4.69) is 15.1 Å². The van der Waals surface area contributed by atoms with Gasteiger partial charge in [-0.3, -0.25) is 4.79 Å². The predicted molar refractivity (Wildman–Crippen MR) is 88.7 cm³/mol. The fourth-order valence-electron chi connectivity index (χ4n) is 2.18. The highest BCUT2D eigenvalue weighted by molar-refractivity contribution is 5.91. The third-order valence-electron chi connectivity index (χ3n) is 3.49. The molecule has 0 atom stereocenters. The first-order valence-electron chi connectivity index (χ1n) is 7.81. The van der Waals surface area contributed by atoms with Crippen LogP contribution in [-0.4, -0.2) is 40.1 Å². The number of methoxy groups -OCH3 is 1. The number of rotatable bonds is 7. The number of hydrogen-bond acceptors (Lipinski definition) is 8. The molecule has 0 saturated heterocycles. The molecule has 2 aromatic heterocycles. The number of aromatic nitrogens is 3. The Morgan fingerprint density at radius 3 is 2.58 bits per heavy atom. The van der Waals surface area contributed by atoms with Gasteiger partial charge in [0.05, 0.1) is 13.7 Å². The molecule has 0 aliphatic carbocycles. The van der Waals surface area contributed by atoms with Gasteiger partial charge >= 0.3 is 0 Å². The largest absolute Gasteiger partial charge is 0.497 e. The van der Waals surface area contributed by atoms with Gasteiger partial charge in [0.1, 0.15) is 17.8 Å². The van der Waals surface area contributed by atoms with Crippen molar-refractivity contribution in [3.05, 3.63) is 53.8 Å². The zero-order valence-corrected chi connectivity index (χ0v) is 14.6. The Morgan fingerprint density at radius 2 is 1.92 bits per heavy atom. The number of ether oxygens (including phenoxy) is 2. The van der Waals surface area contributed by atoms with Crippen LogP contribution in [0.1, 0.15) is 28.1 Å². The minimum absolute atomic E-state index is 0.105. The third-order valence-corrected chi connectivity index (χ3v) is 3.49. The van der Waals surface area contributed by atoms with Crippen LogP contribution in [0.4, 0.5) is 0 Å². The summed E-state index contributed by atoms with van der Waals surface area (Å²) < 4.78 is 20.8. The Labute approximate surface area is 149 Å². The van der Waals surface area contributed by atoms with E-state index in [-0.39, 0.29) is 24.8 Å². The monoisotopic (exact) mass is 358 g/mol. The van der Waals surface area contributed by atoms with Gasteiger partial charge in [0, 0.05) is 14.0 Å². The fourth-order valence-corrected chi connectivity index (χ4v) is 2.18. The topological polar surface area (TPSA) is 104 Å². The Bertz CT molecular complexity index is 871. The summed E-state index contributed by atoms with van der Waals surface area (Å²) >= 11 is 0. The molecule has 0 aliphatic heterocycles. The fraction of sp³-hybridized carbons (Fsp3) is 0.294. The maximum atomic E-state index is 12.4. The Kier molecular flexibility index (Phi) is 5.16. The summed E-state index contributed by atoms with van der Waals surface area (Å²) in [6.45, 7) is 2.00. The number of benzene rings is 1. The highest BCUT2D eigenvalue weighted by Gasteiger charge is 2.18. The molecular formula is C17H18N4O5. The van der Waals surface area contributed by atoms with E-state index < -0.39 is 0 Å². The smallest absolute Gasteiger partial charge is 0.275 e.